The van der Waals surface area contributed by atoms with E-state index in [0.29, 0.717) is 12.3 Å². The molecular formula is C19H29N3O2. The van der Waals surface area contributed by atoms with Gasteiger partial charge in [-0.15, -0.1) is 0 Å². The molecule has 3 rings (SSSR count). The van der Waals surface area contributed by atoms with Crippen molar-refractivity contribution >= 4 is 5.96 Å². The number of hydrogen-bond acceptors (Lipinski definition) is 3. The molecule has 5 heteroatoms. The molecule has 0 atom stereocenters. The number of aliphatic hydroxyl groups is 1. The molecule has 1 heterocycles. The molecule has 5 nitrogen and oxygen atoms in total. The number of aromatic hydroxyl groups is 1. The third kappa shape index (κ3) is 3.83. The first-order chi connectivity index (χ1) is 11.7. The number of aliphatic imine (C=N–C) groups is 1. The Morgan fingerprint density at radius 2 is 2.00 bits per heavy atom. The number of phenolic OH excluding ortho intramolecular Hbond substituents is 1. The number of hydrogen-bond donors (Lipinski definition) is 3. The van der Waals surface area contributed by atoms with Crippen molar-refractivity contribution in [1.29, 1.82) is 0 Å². The quantitative estimate of drug-likeness (QED) is 0.587. The molecule has 1 aliphatic heterocycles. The average molecular weight is 331 g/mol. The van der Waals surface area contributed by atoms with E-state index in [9.17, 15) is 10.2 Å². The minimum atomic E-state index is -0.186. The standard InChI is InChI=1S/C19H29N3O2/c1-2-20-19(22-11-9-15(23)10-12-22)21-13-17-16-6-4-3-5-14(16)7-8-18(17)24/h7-8,15,23-24H,2-6,9-13H2,1H3,(H,20,21). The average Bonchev–Trinajstić information content (AvgIpc) is 2.60. The molecule has 1 saturated heterocycles. The molecule has 0 unspecified atom stereocenters. The van der Waals surface area contributed by atoms with E-state index >= 15 is 0 Å². The topological polar surface area (TPSA) is 68.1 Å². The van der Waals surface area contributed by atoms with Crippen LogP contribution >= 0.6 is 0 Å². The van der Waals surface area contributed by atoms with Gasteiger partial charge >= 0.3 is 0 Å². The summed E-state index contributed by atoms with van der Waals surface area (Å²) in [6.07, 6.45) is 5.97. The molecule has 132 valence electrons. The molecule has 1 aliphatic carbocycles. The maximum atomic E-state index is 10.3. The smallest absolute Gasteiger partial charge is 0.194 e. The number of guanidine groups is 1. The van der Waals surface area contributed by atoms with Crippen LogP contribution in [0.5, 0.6) is 5.75 Å². The number of nitrogens with one attached hydrogen (secondary N) is 1. The van der Waals surface area contributed by atoms with E-state index in [2.05, 4.69) is 23.2 Å². The molecule has 0 radical (unpaired) electrons. The van der Waals surface area contributed by atoms with Crippen LogP contribution in [0.25, 0.3) is 0 Å². The Labute approximate surface area is 144 Å². The Morgan fingerprint density at radius 3 is 2.75 bits per heavy atom. The van der Waals surface area contributed by atoms with Crippen molar-refractivity contribution in [3.05, 3.63) is 28.8 Å². The highest BCUT2D eigenvalue weighted by atomic mass is 16.3. The van der Waals surface area contributed by atoms with Crippen LogP contribution in [-0.2, 0) is 19.4 Å². The molecule has 2 aliphatic rings. The van der Waals surface area contributed by atoms with E-state index in [4.69, 9.17) is 4.99 Å². The summed E-state index contributed by atoms with van der Waals surface area (Å²) in [6, 6.07) is 3.88. The van der Waals surface area contributed by atoms with Gasteiger partial charge in [-0.3, -0.25) is 0 Å². The van der Waals surface area contributed by atoms with Crippen LogP contribution in [0.2, 0.25) is 0 Å². The molecular weight excluding hydrogens is 302 g/mol. The zero-order valence-electron chi connectivity index (χ0n) is 14.6. The first kappa shape index (κ1) is 17.1. The van der Waals surface area contributed by atoms with Gasteiger partial charge in [0.25, 0.3) is 0 Å². The fourth-order valence-corrected chi connectivity index (χ4v) is 3.73. The normalized spacial score (nSPS) is 19.2. The van der Waals surface area contributed by atoms with Gasteiger partial charge in [0.2, 0.25) is 0 Å². The number of rotatable bonds is 3. The zero-order chi connectivity index (χ0) is 16.9. The second kappa shape index (κ2) is 7.88. The lowest BCUT2D eigenvalue weighted by molar-refractivity contribution is 0.108. The Balaban J connectivity index is 1.79. The molecule has 1 aromatic rings. The van der Waals surface area contributed by atoms with Crippen LogP contribution in [0.1, 0.15) is 49.3 Å². The van der Waals surface area contributed by atoms with E-state index in [1.807, 2.05) is 6.07 Å². The fraction of sp³-hybridized carbons (Fsp3) is 0.632. The Bertz CT molecular complexity index is 593. The van der Waals surface area contributed by atoms with E-state index in [1.54, 1.807) is 0 Å². The summed E-state index contributed by atoms with van der Waals surface area (Å²) >= 11 is 0. The van der Waals surface area contributed by atoms with Gasteiger partial charge in [0.1, 0.15) is 5.75 Å². The lowest BCUT2D eigenvalue weighted by atomic mass is 9.88. The predicted octanol–water partition coefficient (Wildman–Crippen LogP) is 2.19. The number of phenols is 1. The zero-order valence-corrected chi connectivity index (χ0v) is 14.6. The van der Waals surface area contributed by atoms with Gasteiger partial charge in [-0.2, -0.15) is 0 Å². The summed E-state index contributed by atoms with van der Waals surface area (Å²) in [5.41, 5.74) is 3.66. The van der Waals surface area contributed by atoms with Gasteiger partial charge in [0.15, 0.2) is 5.96 Å². The molecule has 1 aromatic carbocycles. The molecule has 3 N–H and O–H groups in total. The highest BCUT2D eigenvalue weighted by Gasteiger charge is 2.20. The van der Waals surface area contributed by atoms with Crippen LogP contribution in [0, 0.1) is 0 Å². The minimum absolute atomic E-state index is 0.186. The maximum Gasteiger partial charge on any atom is 0.194 e. The number of benzene rings is 1. The van der Waals surface area contributed by atoms with Crippen LogP contribution < -0.4 is 5.32 Å². The summed E-state index contributed by atoms with van der Waals surface area (Å²) < 4.78 is 0. The Morgan fingerprint density at radius 1 is 1.25 bits per heavy atom. The van der Waals surface area contributed by atoms with Crippen molar-refractivity contribution in [2.24, 2.45) is 4.99 Å². The number of nitrogens with zero attached hydrogens (tertiary/aromatic N) is 2. The molecule has 24 heavy (non-hydrogen) atoms. The molecule has 0 saturated carbocycles. The van der Waals surface area contributed by atoms with Crippen LogP contribution in [-0.4, -0.2) is 46.8 Å². The molecule has 1 fully saturated rings. The van der Waals surface area contributed by atoms with Crippen molar-refractivity contribution in [3.63, 3.8) is 0 Å². The summed E-state index contributed by atoms with van der Waals surface area (Å²) in [5, 5.41) is 23.4. The lowest BCUT2D eigenvalue weighted by Gasteiger charge is -2.32. The summed E-state index contributed by atoms with van der Waals surface area (Å²) in [6.45, 7) is 5.04. The van der Waals surface area contributed by atoms with E-state index in [0.717, 1.165) is 56.8 Å². The SMILES string of the molecule is CCNC(=NCc1c(O)ccc2c1CCCC2)N1CCC(O)CC1. The monoisotopic (exact) mass is 331 g/mol. The van der Waals surface area contributed by atoms with Crippen molar-refractivity contribution in [2.45, 2.75) is 58.1 Å². The van der Waals surface area contributed by atoms with Gasteiger partial charge in [-0.1, -0.05) is 6.07 Å². The Hall–Kier alpha value is -1.75. The third-order valence-corrected chi connectivity index (χ3v) is 5.11. The molecule has 0 spiro atoms. The van der Waals surface area contributed by atoms with Gasteiger partial charge in [0, 0.05) is 25.2 Å². The second-order valence-corrected chi connectivity index (χ2v) is 6.80. The first-order valence-corrected chi connectivity index (χ1v) is 9.23. The summed E-state index contributed by atoms with van der Waals surface area (Å²) in [5.74, 6) is 1.25. The van der Waals surface area contributed by atoms with E-state index < -0.39 is 0 Å². The fourth-order valence-electron chi connectivity index (χ4n) is 3.73. The summed E-state index contributed by atoms with van der Waals surface area (Å²) in [7, 11) is 0. The minimum Gasteiger partial charge on any atom is -0.508 e. The van der Waals surface area contributed by atoms with Crippen molar-refractivity contribution in [1.82, 2.24) is 10.2 Å². The van der Waals surface area contributed by atoms with Crippen LogP contribution in [0.4, 0.5) is 0 Å². The number of fused-ring (bicyclic) bond motifs is 1. The van der Waals surface area contributed by atoms with E-state index in [-0.39, 0.29) is 6.10 Å². The van der Waals surface area contributed by atoms with Crippen LogP contribution in [0.15, 0.2) is 17.1 Å². The van der Waals surface area contributed by atoms with Crippen molar-refractivity contribution in [3.8, 4) is 5.75 Å². The maximum absolute atomic E-state index is 10.3. The van der Waals surface area contributed by atoms with Gasteiger partial charge < -0.3 is 20.4 Å². The highest BCUT2D eigenvalue weighted by molar-refractivity contribution is 5.80. The van der Waals surface area contributed by atoms with Gasteiger partial charge in [-0.25, -0.2) is 4.99 Å². The third-order valence-electron chi connectivity index (χ3n) is 5.11. The Kier molecular flexibility index (Phi) is 5.61. The number of likely N-dealkylation sites (tertiary alicyclic amines) is 1. The van der Waals surface area contributed by atoms with Crippen molar-refractivity contribution in [2.75, 3.05) is 19.6 Å². The number of piperidine rings is 1. The number of aryl methyl sites for hydroxylation is 1. The molecule has 0 bridgehead atoms. The van der Waals surface area contributed by atoms with E-state index in [1.165, 1.54) is 24.0 Å². The van der Waals surface area contributed by atoms with Gasteiger partial charge in [0.05, 0.1) is 12.6 Å². The first-order valence-electron chi connectivity index (χ1n) is 9.23. The summed E-state index contributed by atoms with van der Waals surface area (Å²) in [4.78, 5) is 7.00. The second-order valence-electron chi connectivity index (χ2n) is 6.80. The number of aliphatic hydroxyl groups excluding tert-OH is 1. The van der Waals surface area contributed by atoms with Crippen LogP contribution in [0.3, 0.4) is 0 Å². The van der Waals surface area contributed by atoms with Gasteiger partial charge in [-0.05, 0) is 62.6 Å². The predicted molar refractivity (Wildman–Crippen MR) is 96.4 cm³/mol. The lowest BCUT2D eigenvalue weighted by Crippen LogP contribution is -2.46. The largest absolute Gasteiger partial charge is 0.508 e. The molecule has 0 aromatic heterocycles. The van der Waals surface area contributed by atoms with Crippen molar-refractivity contribution < 1.29 is 10.2 Å². The molecule has 0 amide bonds. The highest BCUT2D eigenvalue weighted by Crippen LogP contribution is 2.31.